The molecule has 2 amide bonds. The fourth-order valence-corrected chi connectivity index (χ4v) is 3.43. The van der Waals surface area contributed by atoms with E-state index in [1.807, 2.05) is 0 Å². The molecule has 0 bridgehead atoms. The highest BCUT2D eigenvalue weighted by atomic mass is 35.5. The highest BCUT2D eigenvalue weighted by Gasteiger charge is 2.31. The van der Waals surface area contributed by atoms with Gasteiger partial charge >= 0.3 is 6.18 Å². The van der Waals surface area contributed by atoms with Crippen molar-refractivity contribution in [2.75, 3.05) is 26.2 Å². The number of hydrogen-bond acceptors (Lipinski definition) is 3. The quantitative estimate of drug-likeness (QED) is 0.635. The van der Waals surface area contributed by atoms with Crippen LogP contribution in [0.2, 0.25) is 5.02 Å². The number of halogens is 4. The summed E-state index contributed by atoms with van der Waals surface area (Å²) in [5, 5.41) is 0.524. The van der Waals surface area contributed by atoms with Crippen molar-refractivity contribution >= 4 is 29.2 Å². The van der Waals surface area contributed by atoms with Gasteiger partial charge in [-0.25, -0.2) is 0 Å². The Morgan fingerprint density at radius 3 is 1.84 bits per heavy atom. The highest BCUT2D eigenvalue weighted by Crippen LogP contribution is 2.29. The van der Waals surface area contributed by atoms with Gasteiger partial charge in [-0.3, -0.25) is 14.4 Å². The van der Waals surface area contributed by atoms with Crippen LogP contribution in [0, 0.1) is 0 Å². The number of Topliss-reactive ketones (excluding diaryl/α,β-unsaturated/α-hetero) is 1. The Morgan fingerprint density at radius 2 is 1.29 bits per heavy atom. The van der Waals surface area contributed by atoms with Crippen molar-refractivity contribution in [3.63, 3.8) is 0 Å². The largest absolute Gasteiger partial charge is 0.416 e. The minimum atomic E-state index is -4.46. The molecular formula is C22H20ClF3N2O3. The van der Waals surface area contributed by atoms with E-state index in [0.29, 0.717) is 23.7 Å². The summed E-state index contributed by atoms with van der Waals surface area (Å²) < 4.78 is 38.0. The maximum absolute atomic E-state index is 12.7. The lowest BCUT2D eigenvalue weighted by Crippen LogP contribution is -2.50. The van der Waals surface area contributed by atoms with Gasteiger partial charge in [0.15, 0.2) is 5.78 Å². The van der Waals surface area contributed by atoms with Crippen LogP contribution < -0.4 is 0 Å². The second-order valence-electron chi connectivity index (χ2n) is 7.18. The van der Waals surface area contributed by atoms with Gasteiger partial charge in [0.2, 0.25) is 5.91 Å². The minimum Gasteiger partial charge on any atom is -0.339 e. The molecule has 9 heteroatoms. The van der Waals surface area contributed by atoms with Gasteiger partial charge in [0.25, 0.3) is 5.91 Å². The Balaban J connectivity index is 1.48. The molecule has 1 fully saturated rings. The smallest absolute Gasteiger partial charge is 0.339 e. The van der Waals surface area contributed by atoms with Gasteiger partial charge in [0.1, 0.15) is 0 Å². The molecule has 0 aliphatic carbocycles. The van der Waals surface area contributed by atoms with Crippen LogP contribution in [0.3, 0.4) is 0 Å². The molecule has 1 aliphatic heterocycles. The molecule has 1 aliphatic rings. The fourth-order valence-electron chi connectivity index (χ4n) is 3.30. The van der Waals surface area contributed by atoms with E-state index >= 15 is 0 Å². The van der Waals surface area contributed by atoms with E-state index in [1.54, 1.807) is 29.2 Å². The molecule has 1 saturated heterocycles. The van der Waals surface area contributed by atoms with Gasteiger partial charge in [0, 0.05) is 55.2 Å². The zero-order chi connectivity index (χ0) is 22.6. The van der Waals surface area contributed by atoms with Gasteiger partial charge in [0.05, 0.1) is 5.56 Å². The number of rotatable bonds is 5. The number of carbonyl (C=O) groups excluding carboxylic acids is 3. The number of carbonyl (C=O) groups is 3. The molecule has 3 rings (SSSR count). The van der Waals surface area contributed by atoms with Crippen LogP contribution in [0.4, 0.5) is 13.2 Å². The molecule has 164 valence electrons. The fraction of sp³-hybridized carbons (Fsp3) is 0.318. The average molecular weight is 453 g/mol. The van der Waals surface area contributed by atoms with Crippen molar-refractivity contribution in [1.82, 2.24) is 9.80 Å². The number of amides is 2. The van der Waals surface area contributed by atoms with E-state index in [9.17, 15) is 27.6 Å². The normalized spacial score (nSPS) is 14.5. The predicted octanol–water partition coefficient (Wildman–Crippen LogP) is 4.31. The average Bonchev–Trinajstić information content (AvgIpc) is 2.77. The van der Waals surface area contributed by atoms with Crippen molar-refractivity contribution in [1.29, 1.82) is 0 Å². The van der Waals surface area contributed by atoms with E-state index in [4.69, 9.17) is 11.6 Å². The predicted molar refractivity (Wildman–Crippen MR) is 109 cm³/mol. The molecule has 0 N–H and O–H groups in total. The zero-order valence-corrected chi connectivity index (χ0v) is 17.2. The van der Waals surface area contributed by atoms with E-state index in [2.05, 4.69) is 0 Å². The van der Waals surface area contributed by atoms with Gasteiger partial charge < -0.3 is 9.80 Å². The minimum absolute atomic E-state index is 0.0638. The first-order chi connectivity index (χ1) is 14.6. The lowest BCUT2D eigenvalue weighted by molar-refractivity contribution is -0.137. The standard InChI is InChI=1S/C22H20ClF3N2O3/c23-18-7-3-15(4-8-18)19(29)9-10-20(30)27-11-13-28(14-12-27)21(31)16-1-5-17(6-2-16)22(24,25)26/h1-8H,9-14H2. The summed E-state index contributed by atoms with van der Waals surface area (Å²) in [4.78, 5) is 40.2. The van der Waals surface area contributed by atoms with Crippen LogP contribution in [0.25, 0.3) is 0 Å². The molecule has 0 saturated carbocycles. The summed E-state index contributed by atoms with van der Waals surface area (Å²) in [7, 11) is 0. The third-order valence-electron chi connectivity index (χ3n) is 5.11. The monoisotopic (exact) mass is 452 g/mol. The Hall–Kier alpha value is -2.87. The molecule has 0 atom stereocenters. The molecule has 2 aromatic rings. The number of nitrogens with zero attached hydrogens (tertiary/aromatic N) is 2. The van der Waals surface area contributed by atoms with Crippen molar-refractivity contribution in [2.24, 2.45) is 0 Å². The molecule has 31 heavy (non-hydrogen) atoms. The van der Waals surface area contributed by atoms with Crippen LogP contribution in [-0.2, 0) is 11.0 Å². The summed E-state index contributed by atoms with van der Waals surface area (Å²) in [6, 6.07) is 10.5. The second kappa shape index (κ2) is 9.51. The van der Waals surface area contributed by atoms with Gasteiger partial charge in [-0.15, -0.1) is 0 Å². The Kier molecular flexibility index (Phi) is 7.00. The molecule has 1 heterocycles. The van der Waals surface area contributed by atoms with E-state index in [-0.39, 0.29) is 49.1 Å². The first-order valence-corrected chi connectivity index (χ1v) is 10.1. The highest BCUT2D eigenvalue weighted by molar-refractivity contribution is 6.30. The topological polar surface area (TPSA) is 57.7 Å². The summed E-state index contributed by atoms with van der Waals surface area (Å²) in [5.41, 5.74) is -0.155. The lowest BCUT2D eigenvalue weighted by atomic mass is 10.1. The Bertz CT molecular complexity index is 951. The van der Waals surface area contributed by atoms with Crippen molar-refractivity contribution in [3.8, 4) is 0 Å². The first kappa shape index (κ1) is 22.8. The number of alkyl halides is 3. The number of piperazine rings is 1. The van der Waals surface area contributed by atoms with Gasteiger partial charge in [-0.05, 0) is 48.5 Å². The van der Waals surface area contributed by atoms with Crippen LogP contribution in [0.1, 0.15) is 39.1 Å². The first-order valence-electron chi connectivity index (χ1n) is 9.68. The summed E-state index contributed by atoms with van der Waals surface area (Å²) >= 11 is 5.80. The third-order valence-corrected chi connectivity index (χ3v) is 5.36. The summed E-state index contributed by atoms with van der Waals surface area (Å²) in [5.74, 6) is -0.705. The Labute approximate surface area is 182 Å². The maximum Gasteiger partial charge on any atom is 0.416 e. The maximum atomic E-state index is 12.7. The summed E-state index contributed by atoms with van der Waals surface area (Å²) in [6.45, 7) is 1.16. The van der Waals surface area contributed by atoms with Gasteiger partial charge in [-0.1, -0.05) is 11.6 Å². The second-order valence-corrected chi connectivity index (χ2v) is 7.61. The lowest BCUT2D eigenvalue weighted by Gasteiger charge is -2.35. The third kappa shape index (κ3) is 5.85. The van der Waals surface area contributed by atoms with Crippen LogP contribution >= 0.6 is 11.6 Å². The van der Waals surface area contributed by atoms with Crippen LogP contribution in [0.5, 0.6) is 0 Å². The number of benzene rings is 2. The van der Waals surface area contributed by atoms with E-state index < -0.39 is 11.7 Å². The molecule has 0 spiro atoms. The summed E-state index contributed by atoms with van der Waals surface area (Å²) in [6.07, 6.45) is -4.32. The van der Waals surface area contributed by atoms with Crippen LogP contribution in [0.15, 0.2) is 48.5 Å². The van der Waals surface area contributed by atoms with Crippen molar-refractivity contribution in [3.05, 3.63) is 70.2 Å². The zero-order valence-electron chi connectivity index (χ0n) is 16.5. The molecule has 0 unspecified atom stereocenters. The number of hydrogen-bond donors (Lipinski definition) is 0. The van der Waals surface area contributed by atoms with Crippen molar-refractivity contribution in [2.45, 2.75) is 19.0 Å². The number of ketones is 1. The van der Waals surface area contributed by atoms with Crippen molar-refractivity contribution < 1.29 is 27.6 Å². The van der Waals surface area contributed by atoms with E-state index in [1.165, 1.54) is 4.90 Å². The molecule has 2 aromatic carbocycles. The Morgan fingerprint density at radius 1 is 0.774 bits per heavy atom. The van der Waals surface area contributed by atoms with Crippen LogP contribution in [-0.4, -0.2) is 53.6 Å². The molecule has 0 aromatic heterocycles. The van der Waals surface area contributed by atoms with Gasteiger partial charge in [-0.2, -0.15) is 13.2 Å². The van der Waals surface area contributed by atoms with E-state index in [0.717, 1.165) is 24.3 Å². The SMILES string of the molecule is O=C(CCC(=O)N1CCN(C(=O)c2ccc(C(F)(F)F)cc2)CC1)c1ccc(Cl)cc1. The molecule has 0 radical (unpaired) electrons. The molecular weight excluding hydrogens is 433 g/mol. The molecule has 5 nitrogen and oxygen atoms in total.